The van der Waals surface area contributed by atoms with Crippen molar-refractivity contribution in [1.82, 2.24) is 0 Å². The van der Waals surface area contributed by atoms with Crippen molar-refractivity contribution in [2.75, 3.05) is 12.9 Å². The first-order valence-corrected chi connectivity index (χ1v) is 7.42. The lowest BCUT2D eigenvalue weighted by molar-refractivity contribution is 0.149. The van der Waals surface area contributed by atoms with Crippen molar-refractivity contribution in [3.63, 3.8) is 0 Å². The van der Waals surface area contributed by atoms with E-state index in [0.29, 0.717) is 11.3 Å². The van der Waals surface area contributed by atoms with Gasteiger partial charge in [-0.15, -0.1) is 11.8 Å². The third-order valence-corrected chi connectivity index (χ3v) is 4.84. The Balaban J connectivity index is 1.98. The van der Waals surface area contributed by atoms with Crippen LogP contribution in [-0.4, -0.2) is 18.0 Å². The first-order valence-electron chi connectivity index (χ1n) is 6.44. The predicted molar refractivity (Wildman–Crippen MR) is 77.8 cm³/mol. The van der Waals surface area contributed by atoms with Gasteiger partial charge in [0.25, 0.3) is 0 Å². The molecule has 1 N–H and O–H groups in total. The van der Waals surface area contributed by atoms with Crippen LogP contribution in [0.25, 0.3) is 0 Å². The van der Waals surface area contributed by atoms with E-state index in [9.17, 15) is 9.50 Å². The molecule has 0 bridgehead atoms. The molecule has 1 aliphatic heterocycles. The smallest absolute Gasteiger partial charge is 0.124 e. The van der Waals surface area contributed by atoms with E-state index < -0.39 is 6.10 Å². The maximum Gasteiger partial charge on any atom is 0.124 e. The number of thioether (sulfide) groups is 1. The lowest BCUT2D eigenvalue weighted by Gasteiger charge is -2.21. The summed E-state index contributed by atoms with van der Waals surface area (Å²) in [6.45, 7) is 0. The fourth-order valence-electron chi connectivity index (χ4n) is 2.60. The molecule has 104 valence electrons. The SMILES string of the molecule is COc1ccc(F)cc1C(O)C1CSc2ccccc21. The van der Waals surface area contributed by atoms with Crippen LogP contribution in [0.1, 0.15) is 23.1 Å². The van der Waals surface area contributed by atoms with Gasteiger partial charge in [0.2, 0.25) is 0 Å². The molecule has 2 nitrogen and oxygen atoms in total. The monoisotopic (exact) mass is 290 g/mol. The Morgan fingerprint density at radius 1 is 1.30 bits per heavy atom. The first-order chi connectivity index (χ1) is 9.70. The molecule has 20 heavy (non-hydrogen) atoms. The third-order valence-electron chi connectivity index (χ3n) is 3.63. The van der Waals surface area contributed by atoms with Gasteiger partial charge in [0.1, 0.15) is 11.6 Å². The van der Waals surface area contributed by atoms with Crippen LogP contribution in [0.4, 0.5) is 4.39 Å². The van der Waals surface area contributed by atoms with E-state index in [1.54, 1.807) is 17.8 Å². The second-order valence-corrected chi connectivity index (χ2v) is 5.85. The molecule has 0 radical (unpaired) electrons. The number of halogens is 1. The molecule has 2 aromatic carbocycles. The molecule has 3 rings (SSSR count). The van der Waals surface area contributed by atoms with E-state index in [4.69, 9.17) is 4.74 Å². The van der Waals surface area contributed by atoms with Crippen LogP contribution >= 0.6 is 11.8 Å². The molecule has 2 atom stereocenters. The number of benzene rings is 2. The van der Waals surface area contributed by atoms with Gasteiger partial charge in [-0.2, -0.15) is 0 Å². The quantitative estimate of drug-likeness (QED) is 0.933. The summed E-state index contributed by atoms with van der Waals surface area (Å²) in [6.07, 6.45) is -0.767. The van der Waals surface area contributed by atoms with E-state index in [2.05, 4.69) is 6.07 Å². The second kappa shape index (κ2) is 5.46. The molecule has 0 saturated heterocycles. The Hall–Kier alpha value is -1.52. The van der Waals surface area contributed by atoms with Gasteiger partial charge in [-0.05, 0) is 29.8 Å². The zero-order valence-electron chi connectivity index (χ0n) is 11.0. The topological polar surface area (TPSA) is 29.5 Å². The van der Waals surface area contributed by atoms with Crippen molar-refractivity contribution < 1.29 is 14.2 Å². The minimum atomic E-state index is -0.767. The van der Waals surface area contributed by atoms with Crippen LogP contribution in [-0.2, 0) is 0 Å². The molecule has 1 aliphatic rings. The molecule has 1 heterocycles. The molecular formula is C16H15FO2S. The maximum atomic E-state index is 13.5. The van der Waals surface area contributed by atoms with E-state index >= 15 is 0 Å². The maximum absolute atomic E-state index is 13.5. The van der Waals surface area contributed by atoms with Gasteiger partial charge in [0, 0.05) is 22.1 Å². The summed E-state index contributed by atoms with van der Waals surface area (Å²) >= 11 is 1.72. The van der Waals surface area contributed by atoms with Crippen molar-refractivity contribution in [2.24, 2.45) is 0 Å². The third kappa shape index (κ3) is 2.30. The van der Waals surface area contributed by atoms with E-state index in [1.165, 1.54) is 24.1 Å². The molecular weight excluding hydrogens is 275 g/mol. The lowest BCUT2D eigenvalue weighted by atomic mass is 9.90. The van der Waals surface area contributed by atoms with Crippen molar-refractivity contribution in [2.45, 2.75) is 16.9 Å². The van der Waals surface area contributed by atoms with Crippen LogP contribution in [0.5, 0.6) is 5.75 Å². The number of aliphatic hydroxyl groups excluding tert-OH is 1. The highest BCUT2D eigenvalue weighted by Crippen LogP contribution is 2.46. The predicted octanol–water partition coefficient (Wildman–Crippen LogP) is 3.76. The largest absolute Gasteiger partial charge is 0.496 e. The zero-order valence-corrected chi connectivity index (χ0v) is 11.9. The van der Waals surface area contributed by atoms with Crippen LogP contribution in [0, 0.1) is 5.82 Å². The Labute approximate surface area is 121 Å². The van der Waals surface area contributed by atoms with Crippen LogP contribution in [0.2, 0.25) is 0 Å². The molecule has 0 aromatic heterocycles. The number of hydrogen-bond donors (Lipinski definition) is 1. The molecule has 0 fully saturated rings. The summed E-state index contributed by atoms with van der Waals surface area (Å²) in [4.78, 5) is 1.19. The minimum absolute atomic E-state index is 0.0353. The molecule has 0 aliphatic carbocycles. The summed E-state index contributed by atoms with van der Waals surface area (Å²) < 4.78 is 18.7. The van der Waals surface area contributed by atoms with Gasteiger partial charge in [0.15, 0.2) is 0 Å². The van der Waals surface area contributed by atoms with Gasteiger partial charge >= 0.3 is 0 Å². The Bertz CT molecular complexity index is 630. The standard InChI is InChI=1S/C16H15FO2S/c1-19-14-7-6-10(17)8-12(14)16(18)13-9-20-15-5-3-2-4-11(13)15/h2-8,13,16,18H,9H2,1H3. The molecule has 2 aromatic rings. The lowest BCUT2D eigenvalue weighted by Crippen LogP contribution is -2.12. The van der Waals surface area contributed by atoms with Crippen molar-refractivity contribution in [1.29, 1.82) is 0 Å². The highest BCUT2D eigenvalue weighted by molar-refractivity contribution is 7.99. The van der Waals surface area contributed by atoms with E-state index in [1.807, 2.05) is 18.2 Å². The first kappa shape index (κ1) is 13.5. The summed E-state index contributed by atoms with van der Waals surface area (Å²) in [5.74, 6) is 0.916. The molecule has 2 unspecified atom stereocenters. The van der Waals surface area contributed by atoms with Crippen molar-refractivity contribution in [3.05, 3.63) is 59.4 Å². The summed E-state index contributed by atoms with van der Waals surface area (Å²) in [6, 6.07) is 12.3. The Kier molecular flexibility index (Phi) is 3.68. The van der Waals surface area contributed by atoms with Gasteiger partial charge in [0.05, 0.1) is 13.2 Å². The number of methoxy groups -OCH3 is 1. The number of rotatable bonds is 3. The van der Waals surface area contributed by atoms with E-state index in [-0.39, 0.29) is 11.7 Å². The Morgan fingerprint density at radius 3 is 2.90 bits per heavy atom. The van der Waals surface area contributed by atoms with Crippen LogP contribution < -0.4 is 4.74 Å². The van der Waals surface area contributed by atoms with Gasteiger partial charge in [-0.3, -0.25) is 0 Å². The average molecular weight is 290 g/mol. The number of hydrogen-bond acceptors (Lipinski definition) is 3. The highest BCUT2D eigenvalue weighted by atomic mass is 32.2. The summed E-state index contributed by atoms with van der Waals surface area (Å²) in [5, 5.41) is 10.6. The van der Waals surface area contributed by atoms with Gasteiger partial charge in [-0.1, -0.05) is 18.2 Å². The molecule has 4 heteroatoms. The van der Waals surface area contributed by atoms with Crippen molar-refractivity contribution in [3.8, 4) is 5.75 Å². The highest BCUT2D eigenvalue weighted by Gasteiger charge is 2.31. The normalized spacial score (nSPS) is 18.6. The number of aliphatic hydroxyl groups is 1. The molecule has 0 spiro atoms. The average Bonchev–Trinajstić information content (AvgIpc) is 2.90. The zero-order chi connectivity index (χ0) is 14.1. The molecule has 0 saturated carbocycles. The van der Waals surface area contributed by atoms with Crippen molar-refractivity contribution >= 4 is 11.8 Å². The summed E-state index contributed by atoms with van der Waals surface area (Å²) in [5.41, 5.74) is 1.63. The minimum Gasteiger partial charge on any atom is -0.496 e. The second-order valence-electron chi connectivity index (χ2n) is 4.79. The Morgan fingerprint density at radius 2 is 2.10 bits per heavy atom. The van der Waals surface area contributed by atoms with Crippen LogP contribution in [0.3, 0.4) is 0 Å². The molecule has 0 amide bonds. The summed E-state index contributed by atoms with van der Waals surface area (Å²) in [7, 11) is 1.53. The van der Waals surface area contributed by atoms with E-state index in [0.717, 1.165) is 11.3 Å². The van der Waals surface area contributed by atoms with Gasteiger partial charge in [-0.25, -0.2) is 4.39 Å². The van der Waals surface area contributed by atoms with Gasteiger partial charge < -0.3 is 9.84 Å². The number of fused-ring (bicyclic) bond motifs is 1. The fourth-order valence-corrected chi connectivity index (χ4v) is 3.88. The number of ether oxygens (including phenoxy) is 1. The fraction of sp³-hybridized carbons (Fsp3) is 0.250. The van der Waals surface area contributed by atoms with Crippen LogP contribution in [0.15, 0.2) is 47.4 Å².